The quantitative estimate of drug-likeness (QED) is 0.719. The monoisotopic (exact) mass is 185 g/mol. The standard InChI is InChI=1S/C8H15N3S/c1-6(2)5-7-9-8(10-12-7)11(3)4/h6H,5H2,1-4H3. The van der Waals surface area contributed by atoms with Crippen molar-refractivity contribution < 1.29 is 0 Å². The molecule has 0 atom stereocenters. The van der Waals surface area contributed by atoms with E-state index >= 15 is 0 Å². The maximum absolute atomic E-state index is 4.38. The Bertz CT molecular complexity index is 242. The fourth-order valence-electron chi connectivity index (χ4n) is 0.860. The van der Waals surface area contributed by atoms with Crippen molar-refractivity contribution in [3.05, 3.63) is 5.01 Å². The summed E-state index contributed by atoms with van der Waals surface area (Å²) in [6, 6.07) is 0. The van der Waals surface area contributed by atoms with E-state index in [0.717, 1.165) is 17.4 Å². The van der Waals surface area contributed by atoms with Gasteiger partial charge < -0.3 is 4.90 Å². The lowest BCUT2D eigenvalue weighted by molar-refractivity contribution is 0.644. The number of anilines is 1. The van der Waals surface area contributed by atoms with Gasteiger partial charge in [0.1, 0.15) is 5.01 Å². The summed E-state index contributed by atoms with van der Waals surface area (Å²) in [5.41, 5.74) is 0. The second-order valence-electron chi connectivity index (χ2n) is 3.48. The van der Waals surface area contributed by atoms with E-state index < -0.39 is 0 Å². The smallest absolute Gasteiger partial charge is 0.236 e. The van der Waals surface area contributed by atoms with E-state index in [4.69, 9.17) is 0 Å². The van der Waals surface area contributed by atoms with Gasteiger partial charge in [-0.15, -0.1) is 0 Å². The highest BCUT2D eigenvalue weighted by Crippen LogP contribution is 2.14. The highest BCUT2D eigenvalue weighted by atomic mass is 32.1. The predicted octanol–water partition coefficient (Wildman–Crippen LogP) is 1.80. The summed E-state index contributed by atoms with van der Waals surface area (Å²) in [6.45, 7) is 4.38. The Morgan fingerprint density at radius 2 is 2.08 bits per heavy atom. The van der Waals surface area contributed by atoms with E-state index in [-0.39, 0.29) is 0 Å². The second-order valence-corrected chi connectivity index (χ2v) is 4.32. The van der Waals surface area contributed by atoms with E-state index in [1.54, 1.807) is 0 Å². The molecule has 1 aromatic heterocycles. The molecule has 0 N–H and O–H groups in total. The molecule has 0 unspecified atom stereocenters. The lowest BCUT2D eigenvalue weighted by Crippen LogP contribution is -2.10. The van der Waals surface area contributed by atoms with Crippen molar-refractivity contribution in [3.63, 3.8) is 0 Å². The van der Waals surface area contributed by atoms with Crippen molar-refractivity contribution in [2.45, 2.75) is 20.3 Å². The maximum atomic E-state index is 4.38. The summed E-state index contributed by atoms with van der Waals surface area (Å²) >= 11 is 1.50. The van der Waals surface area contributed by atoms with Crippen LogP contribution in [0.3, 0.4) is 0 Å². The highest BCUT2D eigenvalue weighted by Gasteiger charge is 2.06. The van der Waals surface area contributed by atoms with Crippen LogP contribution in [0.15, 0.2) is 0 Å². The van der Waals surface area contributed by atoms with Crippen molar-refractivity contribution in [3.8, 4) is 0 Å². The fourth-order valence-corrected chi connectivity index (χ4v) is 1.78. The maximum Gasteiger partial charge on any atom is 0.236 e. The van der Waals surface area contributed by atoms with Crippen molar-refractivity contribution in [2.24, 2.45) is 5.92 Å². The Balaban J connectivity index is 2.64. The minimum atomic E-state index is 0.660. The molecule has 4 heteroatoms. The number of hydrogen-bond donors (Lipinski definition) is 0. The van der Waals surface area contributed by atoms with Crippen LogP contribution < -0.4 is 4.90 Å². The third-order valence-corrected chi connectivity index (χ3v) is 2.16. The first-order valence-electron chi connectivity index (χ1n) is 4.09. The lowest BCUT2D eigenvalue weighted by atomic mass is 10.1. The molecule has 0 spiro atoms. The first-order valence-corrected chi connectivity index (χ1v) is 4.87. The molecule has 0 saturated carbocycles. The summed E-state index contributed by atoms with van der Waals surface area (Å²) in [4.78, 5) is 6.31. The van der Waals surface area contributed by atoms with Gasteiger partial charge in [0.2, 0.25) is 5.95 Å². The van der Waals surface area contributed by atoms with Gasteiger partial charge in [-0.05, 0) is 17.5 Å². The van der Waals surface area contributed by atoms with Crippen LogP contribution in [0.1, 0.15) is 18.9 Å². The Morgan fingerprint density at radius 1 is 1.42 bits per heavy atom. The predicted molar refractivity (Wildman–Crippen MR) is 52.8 cm³/mol. The van der Waals surface area contributed by atoms with Crippen LogP contribution >= 0.6 is 11.5 Å². The zero-order valence-corrected chi connectivity index (χ0v) is 8.85. The molecule has 0 aromatic carbocycles. The number of rotatable bonds is 3. The second kappa shape index (κ2) is 3.85. The molecule has 1 aromatic rings. The van der Waals surface area contributed by atoms with Gasteiger partial charge in [0.15, 0.2) is 0 Å². The SMILES string of the molecule is CC(C)Cc1nc(N(C)C)ns1. The molecule has 1 heterocycles. The van der Waals surface area contributed by atoms with E-state index in [0.29, 0.717) is 5.92 Å². The molecule has 3 nitrogen and oxygen atoms in total. The summed E-state index contributed by atoms with van der Waals surface area (Å²) in [6.07, 6.45) is 1.03. The van der Waals surface area contributed by atoms with E-state index in [1.165, 1.54) is 11.5 Å². The van der Waals surface area contributed by atoms with Crippen molar-refractivity contribution in [1.29, 1.82) is 0 Å². The van der Waals surface area contributed by atoms with Gasteiger partial charge in [-0.25, -0.2) is 4.98 Å². The molecule has 12 heavy (non-hydrogen) atoms. The van der Waals surface area contributed by atoms with E-state index in [1.807, 2.05) is 19.0 Å². The zero-order valence-electron chi connectivity index (χ0n) is 8.03. The fraction of sp³-hybridized carbons (Fsp3) is 0.750. The molecule has 68 valence electrons. The van der Waals surface area contributed by atoms with Gasteiger partial charge in [-0.3, -0.25) is 0 Å². The average molecular weight is 185 g/mol. The van der Waals surface area contributed by atoms with Crippen LogP contribution in [0, 0.1) is 5.92 Å². The lowest BCUT2D eigenvalue weighted by Gasteiger charge is -2.04. The molecule has 0 aliphatic heterocycles. The molecule has 0 radical (unpaired) electrons. The normalized spacial score (nSPS) is 10.8. The molecule has 0 fully saturated rings. The summed E-state index contributed by atoms with van der Waals surface area (Å²) in [5.74, 6) is 1.49. The van der Waals surface area contributed by atoms with E-state index in [2.05, 4.69) is 23.2 Å². The van der Waals surface area contributed by atoms with Crippen molar-refractivity contribution in [2.75, 3.05) is 19.0 Å². The van der Waals surface area contributed by atoms with Crippen LogP contribution in [0.25, 0.3) is 0 Å². The Kier molecular flexibility index (Phi) is 3.03. The summed E-state index contributed by atoms with van der Waals surface area (Å²) < 4.78 is 4.23. The first-order chi connectivity index (χ1) is 5.59. The Labute approximate surface area is 77.6 Å². The van der Waals surface area contributed by atoms with Gasteiger partial charge in [-0.1, -0.05) is 13.8 Å². The molecule has 0 aliphatic rings. The number of aromatic nitrogens is 2. The third kappa shape index (κ3) is 2.44. The Hall–Kier alpha value is -0.640. The molecular formula is C8H15N3S. The van der Waals surface area contributed by atoms with Gasteiger partial charge >= 0.3 is 0 Å². The molecule has 0 aliphatic carbocycles. The molecule has 1 rings (SSSR count). The highest BCUT2D eigenvalue weighted by molar-refractivity contribution is 7.05. The molecule has 0 saturated heterocycles. The van der Waals surface area contributed by atoms with Gasteiger partial charge in [0, 0.05) is 20.5 Å². The minimum absolute atomic E-state index is 0.660. The third-order valence-electron chi connectivity index (χ3n) is 1.44. The first kappa shape index (κ1) is 9.45. The number of nitrogens with zero attached hydrogens (tertiary/aromatic N) is 3. The summed E-state index contributed by atoms with van der Waals surface area (Å²) in [5, 5.41) is 1.13. The van der Waals surface area contributed by atoms with Gasteiger partial charge in [0.25, 0.3) is 0 Å². The van der Waals surface area contributed by atoms with Crippen LogP contribution in [-0.2, 0) is 6.42 Å². The van der Waals surface area contributed by atoms with Gasteiger partial charge in [-0.2, -0.15) is 4.37 Å². The molecular weight excluding hydrogens is 170 g/mol. The number of hydrogen-bond acceptors (Lipinski definition) is 4. The molecule has 0 bridgehead atoms. The van der Waals surface area contributed by atoms with Crippen LogP contribution in [0.2, 0.25) is 0 Å². The minimum Gasteiger partial charge on any atom is -0.346 e. The largest absolute Gasteiger partial charge is 0.346 e. The van der Waals surface area contributed by atoms with Crippen molar-refractivity contribution >= 4 is 17.5 Å². The van der Waals surface area contributed by atoms with Crippen LogP contribution in [0.5, 0.6) is 0 Å². The van der Waals surface area contributed by atoms with Crippen LogP contribution in [-0.4, -0.2) is 23.5 Å². The zero-order chi connectivity index (χ0) is 9.14. The topological polar surface area (TPSA) is 29.0 Å². The Morgan fingerprint density at radius 3 is 2.50 bits per heavy atom. The van der Waals surface area contributed by atoms with Crippen molar-refractivity contribution in [1.82, 2.24) is 9.36 Å². The summed E-state index contributed by atoms with van der Waals surface area (Å²) in [7, 11) is 3.92. The van der Waals surface area contributed by atoms with Crippen LogP contribution in [0.4, 0.5) is 5.95 Å². The van der Waals surface area contributed by atoms with Gasteiger partial charge in [0.05, 0.1) is 0 Å². The van der Waals surface area contributed by atoms with E-state index in [9.17, 15) is 0 Å². The average Bonchev–Trinajstić information content (AvgIpc) is 2.34. The molecule has 0 amide bonds.